The third-order valence-electron chi connectivity index (χ3n) is 3.75. The number of aliphatic hydroxyl groups is 1. The molecule has 0 amide bonds. The first-order valence-corrected chi connectivity index (χ1v) is 6.78. The summed E-state index contributed by atoms with van der Waals surface area (Å²) in [5.41, 5.74) is -0.0112. The van der Waals surface area contributed by atoms with Gasteiger partial charge >= 0.3 is 0 Å². The largest absolute Gasteiger partial charge is 0.396 e. The number of aliphatic hydroxyl groups excluding tert-OH is 1. The first-order chi connectivity index (χ1) is 8.58. The lowest BCUT2D eigenvalue weighted by Crippen LogP contribution is -2.36. The zero-order valence-corrected chi connectivity index (χ0v) is 12.0. The highest BCUT2D eigenvalue weighted by atomic mass is 16.3. The van der Waals surface area contributed by atoms with Gasteiger partial charge in [0.25, 0.3) is 0 Å². The molecule has 104 valence electrons. The Morgan fingerprint density at radius 3 is 2.56 bits per heavy atom. The van der Waals surface area contributed by atoms with Crippen molar-refractivity contribution < 1.29 is 5.11 Å². The molecule has 0 aliphatic carbocycles. The molecule has 0 aliphatic rings. The van der Waals surface area contributed by atoms with Crippen molar-refractivity contribution in [2.24, 2.45) is 5.41 Å². The van der Waals surface area contributed by atoms with Gasteiger partial charge in [-0.1, -0.05) is 13.8 Å². The highest BCUT2D eigenvalue weighted by molar-refractivity contribution is 4.87. The summed E-state index contributed by atoms with van der Waals surface area (Å²) in [6.45, 7) is 10.2. The fourth-order valence-corrected chi connectivity index (χ4v) is 2.05. The van der Waals surface area contributed by atoms with Crippen LogP contribution in [-0.4, -0.2) is 33.0 Å². The molecular formula is C13H26N4O. The van der Waals surface area contributed by atoms with Crippen molar-refractivity contribution in [1.82, 2.24) is 20.1 Å². The number of nitrogens with one attached hydrogen (secondary N) is 1. The molecule has 5 nitrogen and oxygen atoms in total. The van der Waals surface area contributed by atoms with Gasteiger partial charge in [0.05, 0.1) is 6.54 Å². The first kappa shape index (κ1) is 15.1. The molecule has 1 heterocycles. The molecule has 0 bridgehead atoms. The van der Waals surface area contributed by atoms with E-state index in [4.69, 9.17) is 0 Å². The molecule has 0 spiro atoms. The van der Waals surface area contributed by atoms with Crippen molar-refractivity contribution in [1.29, 1.82) is 0 Å². The summed E-state index contributed by atoms with van der Waals surface area (Å²) in [6.07, 6.45) is 3.55. The minimum Gasteiger partial charge on any atom is -0.396 e. The second-order valence-electron chi connectivity index (χ2n) is 5.18. The molecular weight excluding hydrogens is 228 g/mol. The fraction of sp³-hybridized carbons (Fsp3) is 0.846. The molecule has 0 unspecified atom stereocenters. The van der Waals surface area contributed by atoms with E-state index in [0.717, 1.165) is 25.2 Å². The van der Waals surface area contributed by atoms with Crippen LogP contribution in [0.25, 0.3) is 0 Å². The first-order valence-electron chi connectivity index (χ1n) is 6.78. The Kier molecular flexibility index (Phi) is 5.75. The van der Waals surface area contributed by atoms with Crippen LogP contribution in [0.1, 0.15) is 52.4 Å². The van der Waals surface area contributed by atoms with E-state index in [1.165, 1.54) is 0 Å². The Balaban J connectivity index is 2.53. The lowest BCUT2D eigenvalue weighted by molar-refractivity contribution is 0.112. The molecule has 0 aliphatic heterocycles. The third-order valence-corrected chi connectivity index (χ3v) is 3.75. The number of nitrogens with zero attached hydrogens (tertiary/aromatic N) is 3. The number of hydrogen-bond acceptors (Lipinski definition) is 4. The van der Waals surface area contributed by atoms with Crippen molar-refractivity contribution in [3.05, 3.63) is 12.2 Å². The van der Waals surface area contributed by atoms with Gasteiger partial charge in [-0.25, -0.2) is 9.67 Å². The molecule has 18 heavy (non-hydrogen) atoms. The van der Waals surface area contributed by atoms with Crippen molar-refractivity contribution in [2.75, 3.05) is 13.2 Å². The van der Waals surface area contributed by atoms with Gasteiger partial charge in [0.2, 0.25) is 0 Å². The molecule has 0 atom stereocenters. The normalized spacial score (nSPS) is 12.3. The monoisotopic (exact) mass is 254 g/mol. The Morgan fingerprint density at radius 2 is 2.06 bits per heavy atom. The minimum absolute atomic E-state index is 0.0112. The predicted molar refractivity (Wildman–Crippen MR) is 72.2 cm³/mol. The van der Waals surface area contributed by atoms with Gasteiger partial charge in [0.1, 0.15) is 12.2 Å². The average Bonchev–Trinajstić information content (AvgIpc) is 2.84. The molecule has 0 aromatic carbocycles. The summed E-state index contributed by atoms with van der Waals surface area (Å²) >= 11 is 0. The van der Waals surface area contributed by atoms with Gasteiger partial charge in [0.15, 0.2) is 0 Å². The second kappa shape index (κ2) is 6.85. The Morgan fingerprint density at radius 1 is 1.39 bits per heavy atom. The number of aromatic nitrogens is 3. The predicted octanol–water partition coefficient (Wildman–Crippen LogP) is 1.75. The van der Waals surface area contributed by atoms with E-state index in [0.29, 0.717) is 12.6 Å². The summed E-state index contributed by atoms with van der Waals surface area (Å²) in [4.78, 5) is 4.26. The summed E-state index contributed by atoms with van der Waals surface area (Å²) in [7, 11) is 0. The van der Waals surface area contributed by atoms with E-state index in [9.17, 15) is 5.11 Å². The van der Waals surface area contributed by atoms with Crippen LogP contribution < -0.4 is 5.32 Å². The van der Waals surface area contributed by atoms with Crippen molar-refractivity contribution in [3.8, 4) is 0 Å². The maximum absolute atomic E-state index is 9.50. The van der Waals surface area contributed by atoms with Crippen LogP contribution in [0, 0.1) is 5.41 Å². The lowest BCUT2D eigenvalue weighted by atomic mass is 9.83. The molecule has 0 fully saturated rings. The highest BCUT2D eigenvalue weighted by Gasteiger charge is 2.24. The maximum Gasteiger partial charge on any atom is 0.141 e. The molecule has 0 saturated heterocycles. The van der Waals surface area contributed by atoms with Gasteiger partial charge in [0, 0.05) is 24.6 Å². The van der Waals surface area contributed by atoms with Crippen LogP contribution in [0.15, 0.2) is 6.33 Å². The highest BCUT2D eigenvalue weighted by Crippen LogP contribution is 2.24. The number of hydrogen-bond donors (Lipinski definition) is 2. The van der Waals surface area contributed by atoms with Crippen LogP contribution in [0.3, 0.4) is 0 Å². The van der Waals surface area contributed by atoms with Crippen LogP contribution in [0.5, 0.6) is 0 Å². The number of rotatable bonds is 8. The topological polar surface area (TPSA) is 63.0 Å². The van der Waals surface area contributed by atoms with E-state index >= 15 is 0 Å². The molecule has 0 radical (unpaired) electrons. The van der Waals surface area contributed by atoms with Gasteiger partial charge in [-0.05, 0) is 26.7 Å². The Bertz CT molecular complexity index is 336. The van der Waals surface area contributed by atoms with Crippen LogP contribution >= 0.6 is 0 Å². The zero-order chi connectivity index (χ0) is 13.6. The van der Waals surface area contributed by atoms with Crippen LogP contribution in [0.2, 0.25) is 0 Å². The minimum atomic E-state index is -0.0112. The smallest absolute Gasteiger partial charge is 0.141 e. The van der Waals surface area contributed by atoms with E-state index in [1.54, 1.807) is 6.33 Å². The third kappa shape index (κ3) is 3.53. The van der Waals surface area contributed by atoms with Crippen LogP contribution in [0.4, 0.5) is 0 Å². The van der Waals surface area contributed by atoms with E-state index < -0.39 is 0 Å². The second-order valence-corrected chi connectivity index (χ2v) is 5.18. The quantitative estimate of drug-likeness (QED) is 0.742. The SMILES string of the molecule is CCC(CC)(CO)CNCc1ncnn1C(C)C. The molecule has 1 aromatic rings. The maximum atomic E-state index is 9.50. The van der Waals surface area contributed by atoms with Gasteiger partial charge in [-0.2, -0.15) is 5.10 Å². The van der Waals surface area contributed by atoms with Crippen molar-refractivity contribution >= 4 is 0 Å². The van der Waals surface area contributed by atoms with E-state index in [-0.39, 0.29) is 12.0 Å². The van der Waals surface area contributed by atoms with Gasteiger partial charge in [-0.3, -0.25) is 0 Å². The standard InChI is InChI=1S/C13H26N4O/c1-5-13(6-2,9-18)8-14-7-12-15-10-16-17(12)11(3)4/h10-11,14,18H,5-9H2,1-4H3. The molecule has 2 N–H and O–H groups in total. The zero-order valence-electron chi connectivity index (χ0n) is 12.0. The Hall–Kier alpha value is -0.940. The van der Waals surface area contributed by atoms with Crippen LogP contribution in [-0.2, 0) is 6.54 Å². The summed E-state index contributed by atoms with van der Waals surface area (Å²) < 4.78 is 1.92. The summed E-state index contributed by atoms with van der Waals surface area (Å²) in [6, 6.07) is 0.323. The molecule has 1 rings (SSSR count). The fourth-order valence-electron chi connectivity index (χ4n) is 2.05. The van der Waals surface area contributed by atoms with Crippen molar-refractivity contribution in [2.45, 2.75) is 53.1 Å². The molecule has 1 aromatic heterocycles. The van der Waals surface area contributed by atoms with Gasteiger partial charge in [-0.15, -0.1) is 0 Å². The lowest BCUT2D eigenvalue weighted by Gasteiger charge is -2.29. The van der Waals surface area contributed by atoms with E-state index in [1.807, 2.05) is 4.68 Å². The van der Waals surface area contributed by atoms with Gasteiger partial charge < -0.3 is 10.4 Å². The Labute approximate surface area is 110 Å². The summed E-state index contributed by atoms with van der Waals surface area (Å²) in [5, 5.41) is 17.1. The average molecular weight is 254 g/mol. The molecule has 0 saturated carbocycles. The van der Waals surface area contributed by atoms with E-state index in [2.05, 4.69) is 43.1 Å². The molecule has 5 heteroatoms. The summed E-state index contributed by atoms with van der Waals surface area (Å²) in [5.74, 6) is 0.948. The van der Waals surface area contributed by atoms with Crippen molar-refractivity contribution in [3.63, 3.8) is 0 Å².